The normalized spacial score (nSPS) is 20.3. The zero-order chi connectivity index (χ0) is 21.2. The number of nitrogens with zero attached hydrogens (tertiary/aromatic N) is 1. The maximum Gasteiger partial charge on any atom is 0.352 e. The van der Waals surface area contributed by atoms with Crippen LogP contribution in [-0.2, 0) is 30.3 Å². The molecule has 29 heavy (non-hydrogen) atoms. The van der Waals surface area contributed by atoms with Crippen molar-refractivity contribution in [3.8, 4) is 0 Å². The van der Waals surface area contributed by atoms with Gasteiger partial charge >= 0.3 is 11.9 Å². The number of β-lactam (4-membered cyclic amide) rings is 1. The first-order valence-corrected chi connectivity index (χ1v) is 9.97. The molecule has 0 spiro atoms. The van der Waals surface area contributed by atoms with E-state index in [-0.39, 0.29) is 41.1 Å². The standard InChI is InChI=1S/C19H21N3O6S/c1-19(28-16(25)9-20,21-13(23)7-11-5-3-2-4-6-11)12-10-29-15-8-14(24)22(15)17(12)18(26)27/h2-6,15H,7-10,20H2,1H3,(H,21,23)(H,26,27)/t15-,19?/m1/s1. The molecule has 10 heteroatoms. The molecule has 0 aromatic heterocycles. The van der Waals surface area contributed by atoms with Crippen molar-refractivity contribution in [2.75, 3.05) is 12.3 Å². The number of aliphatic carboxylic acids is 1. The molecule has 1 aromatic carbocycles. The fourth-order valence-electron chi connectivity index (χ4n) is 3.30. The van der Waals surface area contributed by atoms with Crippen molar-refractivity contribution in [3.05, 3.63) is 47.2 Å². The van der Waals surface area contributed by atoms with Crippen LogP contribution in [0.1, 0.15) is 18.9 Å². The number of carboxylic acid groups (broad SMARTS) is 1. The molecule has 2 aliphatic rings. The Hall–Kier alpha value is -2.85. The van der Waals surface area contributed by atoms with E-state index in [1.807, 2.05) is 6.07 Å². The molecule has 0 aliphatic carbocycles. The molecule has 1 saturated heterocycles. The highest BCUT2D eigenvalue weighted by Gasteiger charge is 2.50. The van der Waals surface area contributed by atoms with Gasteiger partial charge < -0.3 is 20.9 Å². The van der Waals surface area contributed by atoms with Gasteiger partial charge in [0.05, 0.1) is 24.8 Å². The molecular formula is C19H21N3O6S. The number of carbonyl (C=O) groups is 4. The highest BCUT2D eigenvalue weighted by molar-refractivity contribution is 8.00. The first-order chi connectivity index (χ1) is 13.7. The van der Waals surface area contributed by atoms with E-state index in [2.05, 4.69) is 5.32 Å². The molecule has 2 aliphatic heterocycles. The highest BCUT2D eigenvalue weighted by atomic mass is 32.2. The number of esters is 1. The van der Waals surface area contributed by atoms with Crippen molar-refractivity contribution in [2.24, 2.45) is 5.73 Å². The molecule has 0 radical (unpaired) electrons. The van der Waals surface area contributed by atoms with Gasteiger partial charge in [-0.3, -0.25) is 19.3 Å². The minimum atomic E-state index is -1.76. The third-order valence-electron chi connectivity index (χ3n) is 4.70. The second kappa shape index (κ2) is 8.26. The maximum atomic E-state index is 12.7. The van der Waals surface area contributed by atoms with Crippen LogP contribution >= 0.6 is 11.8 Å². The van der Waals surface area contributed by atoms with Crippen molar-refractivity contribution in [2.45, 2.75) is 30.9 Å². The number of amides is 2. The molecule has 0 saturated carbocycles. The lowest BCUT2D eigenvalue weighted by atomic mass is 9.99. The maximum absolute atomic E-state index is 12.7. The number of hydrogen-bond acceptors (Lipinski definition) is 7. The zero-order valence-corrected chi connectivity index (χ0v) is 16.5. The van der Waals surface area contributed by atoms with E-state index in [0.717, 1.165) is 5.56 Å². The predicted molar refractivity (Wildman–Crippen MR) is 104 cm³/mol. The molecule has 1 unspecified atom stereocenters. The van der Waals surface area contributed by atoms with Gasteiger partial charge in [0.2, 0.25) is 17.5 Å². The first kappa shape index (κ1) is 20.9. The second-order valence-corrected chi connectivity index (χ2v) is 7.95. The summed E-state index contributed by atoms with van der Waals surface area (Å²) in [5.41, 5.74) is 4.19. The van der Waals surface area contributed by atoms with Crippen LogP contribution in [0.5, 0.6) is 0 Å². The molecule has 9 nitrogen and oxygen atoms in total. The number of fused-ring (bicyclic) bond motifs is 1. The van der Waals surface area contributed by atoms with E-state index >= 15 is 0 Å². The third-order valence-corrected chi connectivity index (χ3v) is 5.92. The Morgan fingerprint density at radius 3 is 2.62 bits per heavy atom. The summed E-state index contributed by atoms with van der Waals surface area (Å²) in [6, 6.07) is 8.93. The predicted octanol–water partition coefficient (Wildman–Crippen LogP) is 0.207. The quantitative estimate of drug-likeness (QED) is 0.324. The van der Waals surface area contributed by atoms with Gasteiger partial charge in [-0.1, -0.05) is 30.3 Å². The minimum Gasteiger partial charge on any atom is -0.477 e. The van der Waals surface area contributed by atoms with Crippen LogP contribution in [0, 0.1) is 0 Å². The van der Waals surface area contributed by atoms with E-state index in [0.29, 0.717) is 0 Å². The molecule has 2 heterocycles. The minimum absolute atomic E-state index is 0.00467. The number of thioether (sulfide) groups is 1. The van der Waals surface area contributed by atoms with Gasteiger partial charge in [0.15, 0.2) is 0 Å². The van der Waals surface area contributed by atoms with Crippen LogP contribution in [0.2, 0.25) is 0 Å². The number of hydrogen-bond donors (Lipinski definition) is 3. The van der Waals surface area contributed by atoms with E-state index < -0.39 is 30.1 Å². The number of carbonyl (C=O) groups excluding carboxylic acids is 3. The summed E-state index contributed by atoms with van der Waals surface area (Å²) >= 11 is 1.35. The van der Waals surface area contributed by atoms with Gasteiger partial charge in [0.1, 0.15) is 5.70 Å². The lowest BCUT2D eigenvalue weighted by Gasteiger charge is -2.46. The summed E-state index contributed by atoms with van der Waals surface area (Å²) in [5, 5.41) is 12.1. The topological polar surface area (TPSA) is 139 Å². The lowest BCUT2D eigenvalue weighted by molar-refractivity contribution is -0.158. The summed E-state index contributed by atoms with van der Waals surface area (Å²) in [6.45, 7) is 0.950. The van der Waals surface area contributed by atoms with Crippen LogP contribution in [-0.4, -0.2) is 57.2 Å². The number of nitrogens with one attached hydrogen (secondary N) is 1. The average molecular weight is 419 g/mol. The van der Waals surface area contributed by atoms with E-state index in [9.17, 15) is 24.3 Å². The molecule has 3 rings (SSSR count). The number of rotatable bonds is 7. The summed E-state index contributed by atoms with van der Waals surface area (Å²) < 4.78 is 5.39. The fraction of sp³-hybridized carbons (Fsp3) is 0.368. The monoisotopic (exact) mass is 419 g/mol. The average Bonchev–Trinajstić information content (AvgIpc) is 2.66. The van der Waals surface area contributed by atoms with Crippen LogP contribution in [0.25, 0.3) is 0 Å². The zero-order valence-electron chi connectivity index (χ0n) is 15.7. The molecular weight excluding hydrogens is 398 g/mol. The molecule has 2 atom stereocenters. The van der Waals surface area contributed by atoms with Crippen molar-refractivity contribution in [1.29, 1.82) is 0 Å². The van der Waals surface area contributed by atoms with Crippen molar-refractivity contribution in [1.82, 2.24) is 10.2 Å². The van der Waals surface area contributed by atoms with Gasteiger partial charge in [0.25, 0.3) is 0 Å². The van der Waals surface area contributed by atoms with Crippen LogP contribution in [0.4, 0.5) is 0 Å². The smallest absolute Gasteiger partial charge is 0.352 e. The van der Waals surface area contributed by atoms with Gasteiger partial charge in [0, 0.05) is 11.3 Å². The second-order valence-electron chi connectivity index (χ2n) is 6.79. The molecule has 4 N–H and O–H groups in total. The number of ether oxygens (including phenoxy) is 1. The summed E-state index contributed by atoms with van der Waals surface area (Å²) in [5.74, 6) is -2.77. The molecule has 1 fully saturated rings. The molecule has 0 bridgehead atoms. The number of benzene rings is 1. The van der Waals surface area contributed by atoms with Crippen molar-refractivity contribution in [3.63, 3.8) is 0 Å². The number of carboxylic acids is 1. The van der Waals surface area contributed by atoms with Gasteiger partial charge in [-0.05, 0) is 12.5 Å². The number of nitrogens with two attached hydrogens (primary N) is 1. The fourth-order valence-corrected chi connectivity index (χ4v) is 4.71. The highest BCUT2D eigenvalue weighted by Crippen LogP contribution is 2.43. The Morgan fingerprint density at radius 1 is 1.34 bits per heavy atom. The summed E-state index contributed by atoms with van der Waals surface area (Å²) in [4.78, 5) is 49.7. The van der Waals surface area contributed by atoms with E-state index in [1.54, 1.807) is 24.3 Å². The largest absolute Gasteiger partial charge is 0.477 e. The third kappa shape index (κ3) is 4.28. The Bertz CT molecular complexity index is 887. The Kier molecular flexibility index (Phi) is 5.94. The lowest BCUT2D eigenvalue weighted by Crippen LogP contribution is -2.59. The van der Waals surface area contributed by atoms with Gasteiger partial charge in [-0.25, -0.2) is 4.79 Å². The summed E-state index contributed by atoms with van der Waals surface area (Å²) in [6.07, 6.45) is 0.249. The molecule has 2 amide bonds. The SMILES string of the molecule is CC(NC(=O)Cc1ccccc1)(OC(=O)CN)C1=C(C(=O)O)N2C(=O)C[C@H]2SC1. The van der Waals surface area contributed by atoms with Crippen LogP contribution < -0.4 is 11.1 Å². The Morgan fingerprint density at radius 2 is 2.03 bits per heavy atom. The van der Waals surface area contributed by atoms with E-state index in [1.165, 1.54) is 23.6 Å². The van der Waals surface area contributed by atoms with Gasteiger partial charge in [-0.2, -0.15) is 0 Å². The first-order valence-electron chi connectivity index (χ1n) is 8.92. The van der Waals surface area contributed by atoms with E-state index in [4.69, 9.17) is 10.5 Å². The Balaban J connectivity index is 1.95. The summed E-state index contributed by atoms with van der Waals surface area (Å²) in [7, 11) is 0. The Labute approximate surface area is 171 Å². The van der Waals surface area contributed by atoms with Gasteiger partial charge in [-0.15, -0.1) is 11.8 Å². The molecule has 1 aromatic rings. The van der Waals surface area contributed by atoms with Crippen molar-refractivity contribution >= 4 is 35.5 Å². The molecule has 154 valence electrons. The van der Waals surface area contributed by atoms with Crippen LogP contribution in [0.15, 0.2) is 41.6 Å². The van der Waals surface area contributed by atoms with Crippen molar-refractivity contribution < 1.29 is 29.0 Å². The van der Waals surface area contributed by atoms with Crippen LogP contribution in [0.3, 0.4) is 0 Å².